The fourth-order valence-corrected chi connectivity index (χ4v) is 0.560. The van der Waals surface area contributed by atoms with Crippen molar-refractivity contribution in [2.24, 2.45) is 0 Å². The second-order valence-corrected chi connectivity index (χ2v) is 2.60. The van der Waals surface area contributed by atoms with Gasteiger partial charge in [0.2, 0.25) is 0 Å². The molecular formula is C7H12O5. The van der Waals surface area contributed by atoms with Gasteiger partial charge in [-0.25, -0.2) is 4.79 Å². The monoisotopic (exact) mass is 176 g/mol. The molecule has 70 valence electrons. The van der Waals surface area contributed by atoms with Gasteiger partial charge in [0.25, 0.3) is 0 Å². The maximum absolute atomic E-state index is 10.8. The first kappa shape index (κ1) is 10.9. The number of esters is 1. The van der Waals surface area contributed by atoms with E-state index in [2.05, 4.69) is 4.74 Å². The highest BCUT2D eigenvalue weighted by Crippen LogP contribution is 1.98. The minimum absolute atomic E-state index is 0.346. The summed E-state index contributed by atoms with van der Waals surface area (Å²) in [5.74, 6) is -2.13. The lowest BCUT2D eigenvalue weighted by Crippen LogP contribution is -2.27. The normalized spacial score (nSPS) is 12.7. The minimum atomic E-state index is -1.56. The van der Waals surface area contributed by atoms with Gasteiger partial charge in [-0.3, -0.25) is 4.79 Å². The van der Waals surface area contributed by atoms with E-state index in [4.69, 9.17) is 10.2 Å². The predicted octanol–water partition coefficient (Wildman–Crippen LogP) is -0.226. The van der Waals surface area contributed by atoms with Crippen molar-refractivity contribution in [2.45, 2.75) is 32.5 Å². The van der Waals surface area contributed by atoms with Crippen LogP contribution in [0.2, 0.25) is 0 Å². The van der Waals surface area contributed by atoms with Gasteiger partial charge in [-0.15, -0.1) is 0 Å². The van der Waals surface area contributed by atoms with E-state index in [9.17, 15) is 9.59 Å². The second-order valence-electron chi connectivity index (χ2n) is 2.60. The van der Waals surface area contributed by atoms with Crippen molar-refractivity contribution in [3.05, 3.63) is 0 Å². The molecule has 5 heteroatoms. The molecule has 0 aliphatic heterocycles. The van der Waals surface area contributed by atoms with Crippen LogP contribution in [-0.2, 0) is 14.3 Å². The zero-order valence-corrected chi connectivity index (χ0v) is 6.98. The van der Waals surface area contributed by atoms with Crippen LogP contribution < -0.4 is 0 Å². The number of hydrogen-bond acceptors (Lipinski definition) is 4. The summed E-state index contributed by atoms with van der Waals surface area (Å²) in [5.41, 5.74) is 0. The van der Waals surface area contributed by atoms with Gasteiger partial charge in [-0.1, -0.05) is 0 Å². The van der Waals surface area contributed by atoms with Crippen LogP contribution in [0.1, 0.15) is 20.3 Å². The molecule has 0 aromatic rings. The molecule has 12 heavy (non-hydrogen) atoms. The van der Waals surface area contributed by atoms with Crippen LogP contribution in [0.25, 0.3) is 0 Å². The van der Waals surface area contributed by atoms with Crippen molar-refractivity contribution >= 4 is 11.9 Å². The van der Waals surface area contributed by atoms with Gasteiger partial charge in [0.15, 0.2) is 6.10 Å². The quantitative estimate of drug-likeness (QED) is 0.578. The number of carbonyl (C=O) groups excluding carboxylic acids is 1. The van der Waals surface area contributed by atoms with E-state index in [1.807, 2.05) is 0 Å². The Morgan fingerprint density at radius 3 is 2.25 bits per heavy atom. The Balaban J connectivity index is 3.85. The summed E-state index contributed by atoms with van der Waals surface area (Å²) in [5, 5.41) is 17.1. The van der Waals surface area contributed by atoms with E-state index in [1.54, 1.807) is 13.8 Å². The Kier molecular flexibility index (Phi) is 4.28. The smallest absolute Gasteiger partial charge is 0.335 e. The number of carboxylic acid groups (broad SMARTS) is 1. The van der Waals surface area contributed by atoms with Crippen LogP contribution in [0.5, 0.6) is 0 Å². The topological polar surface area (TPSA) is 83.8 Å². The minimum Gasteiger partial charge on any atom is -0.481 e. The molecule has 0 radical (unpaired) electrons. The third kappa shape index (κ3) is 4.68. The van der Waals surface area contributed by atoms with Crippen molar-refractivity contribution in [2.75, 3.05) is 0 Å². The lowest BCUT2D eigenvalue weighted by atomic mass is 10.2. The van der Waals surface area contributed by atoms with E-state index in [0.29, 0.717) is 0 Å². The van der Waals surface area contributed by atoms with Crippen LogP contribution in [0.4, 0.5) is 0 Å². The molecule has 0 bridgehead atoms. The molecule has 0 aliphatic carbocycles. The molecule has 0 saturated carbocycles. The first-order chi connectivity index (χ1) is 5.43. The van der Waals surface area contributed by atoms with Crippen LogP contribution in [0.3, 0.4) is 0 Å². The Morgan fingerprint density at radius 2 is 1.92 bits per heavy atom. The molecule has 0 heterocycles. The van der Waals surface area contributed by atoms with Crippen molar-refractivity contribution in [3.63, 3.8) is 0 Å². The average molecular weight is 176 g/mol. The lowest BCUT2D eigenvalue weighted by molar-refractivity contribution is -0.161. The number of aliphatic carboxylic acids is 1. The zero-order valence-electron chi connectivity index (χ0n) is 6.98. The van der Waals surface area contributed by atoms with Gasteiger partial charge in [0, 0.05) is 0 Å². The molecule has 0 aromatic heterocycles. The SMILES string of the molecule is CC(C)OC(=O)C(O)CC(=O)O. The van der Waals surface area contributed by atoms with E-state index >= 15 is 0 Å². The number of ether oxygens (including phenoxy) is 1. The Hall–Kier alpha value is -1.10. The van der Waals surface area contributed by atoms with Crippen LogP contribution >= 0.6 is 0 Å². The molecular weight excluding hydrogens is 164 g/mol. The second kappa shape index (κ2) is 4.71. The average Bonchev–Trinajstić information content (AvgIpc) is 1.84. The third-order valence-corrected chi connectivity index (χ3v) is 0.992. The summed E-state index contributed by atoms with van der Waals surface area (Å²) in [7, 11) is 0. The largest absolute Gasteiger partial charge is 0.481 e. The first-order valence-corrected chi connectivity index (χ1v) is 3.54. The molecule has 1 unspecified atom stereocenters. The Bertz CT molecular complexity index is 175. The number of aliphatic hydroxyl groups excluding tert-OH is 1. The highest BCUT2D eigenvalue weighted by atomic mass is 16.6. The number of carbonyl (C=O) groups is 2. The highest BCUT2D eigenvalue weighted by Gasteiger charge is 2.20. The van der Waals surface area contributed by atoms with Gasteiger partial charge >= 0.3 is 11.9 Å². The molecule has 0 spiro atoms. The number of hydrogen-bond donors (Lipinski definition) is 2. The van der Waals surface area contributed by atoms with Crippen molar-refractivity contribution in [1.82, 2.24) is 0 Å². The van der Waals surface area contributed by atoms with Crippen molar-refractivity contribution < 1.29 is 24.5 Å². The third-order valence-electron chi connectivity index (χ3n) is 0.992. The molecule has 2 N–H and O–H groups in total. The summed E-state index contributed by atoms with van der Waals surface area (Å²) in [6.45, 7) is 3.23. The standard InChI is InChI=1S/C7H12O5/c1-4(2)12-7(11)5(8)3-6(9)10/h4-5,8H,3H2,1-2H3,(H,9,10). The first-order valence-electron chi connectivity index (χ1n) is 3.54. The number of carboxylic acids is 1. The van der Waals surface area contributed by atoms with E-state index < -0.39 is 24.5 Å². The fourth-order valence-electron chi connectivity index (χ4n) is 0.560. The zero-order chi connectivity index (χ0) is 9.72. The van der Waals surface area contributed by atoms with E-state index in [-0.39, 0.29) is 6.10 Å². The maximum atomic E-state index is 10.8. The highest BCUT2D eigenvalue weighted by molar-refractivity contribution is 5.80. The van der Waals surface area contributed by atoms with Crippen LogP contribution in [0, 0.1) is 0 Å². The number of aliphatic hydroxyl groups is 1. The summed E-state index contributed by atoms with van der Waals surface area (Å²) in [6.07, 6.45) is -2.53. The fraction of sp³-hybridized carbons (Fsp3) is 0.714. The van der Waals surface area contributed by atoms with E-state index in [1.165, 1.54) is 0 Å². The Labute approximate surface area is 70.0 Å². The van der Waals surface area contributed by atoms with Crippen LogP contribution in [0.15, 0.2) is 0 Å². The number of rotatable bonds is 4. The summed E-state index contributed by atoms with van der Waals surface area (Å²) >= 11 is 0. The van der Waals surface area contributed by atoms with E-state index in [0.717, 1.165) is 0 Å². The van der Waals surface area contributed by atoms with Gasteiger partial charge in [0.1, 0.15) is 0 Å². The van der Waals surface area contributed by atoms with Crippen molar-refractivity contribution in [1.29, 1.82) is 0 Å². The molecule has 0 saturated heterocycles. The van der Waals surface area contributed by atoms with Gasteiger partial charge in [0.05, 0.1) is 12.5 Å². The van der Waals surface area contributed by atoms with Gasteiger partial charge < -0.3 is 14.9 Å². The molecule has 0 aromatic carbocycles. The lowest BCUT2D eigenvalue weighted by Gasteiger charge is -2.10. The van der Waals surface area contributed by atoms with Crippen LogP contribution in [-0.4, -0.2) is 34.4 Å². The van der Waals surface area contributed by atoms with Gasteiger partial charge in [-0.05, 0) is 13.8 Å². The molecule has 0 aliphatic rings. The van der Waals surface area contributed by atoms with Crippen molar-refractivity contribution in [3.8, 4) is 0 Å². The molecule has 0 amide bonds. The summed E-state index contributed by atoms with van der Waals surface area (Å²) < 4.78 is 4.56. The summed E-state index contributed by atoms with van der Waals surface area (Å²) in [6, 6.07) is 0. The molecule has 0 fully saturated rings. The maximum Gasteiger partial charge on any atom is 0.335 e. The van der Waals surface area contributed by atoms with Gasteiger partial charge in [-0.2, -0.15) is 0 Å². The molecule has 1 atom stereocenters. The summed E-state index contributed by atoms with van der Waals surface area (Å²) in [4.78, 5) is 20.8. The predicted molar refractivity (Wildman–Crippen MR) is 39.5 cm³/mol. The molecule has 5 nitrogen and oxygen atoms in total. The Morgan fingerprint density at radius 1 is 1.42 bits per heavy atom. The molecule has 0 rings (SSSR count).